The van der Waals surface area contributed by atoms with E-state index in [0.29, 0.717) is 11.5 Å². The number of hydrogen-bond donors (Lipinski definition) is 2. The lowest BCUT2D eigenvalue weighted by Crippen LogP contribution is -2.13. The van der Waals surface area contributed by atoms with Gasteiger partial charge in [-0.15, -0.1) is 11.3 Å². The highest BCUT2D eigenvalue weighted by molar-refractivity contribution is 9.11. The van der Waals surface area contributed by atoms with Crippen molar-refractivity contribution < 1.29 is 8.42 Å². The summed E-state index contributed by atoms with van der Waals surface area (Å²) < 4.78 is 27.5. The third-order valence-electron chi connectivity index (χ3n) is 2.17. The fourth-order valence-electron chi connectivity index (χ4n) is 1.37. The van der Waals surface area contributed by atoms with Crippen molar-refractivity contribution in [2.45, 2.75) is 11.8 Å². The van der Waals surface area contributed by atoms with Crippen molar-refractivity contribution in [3.63, 3.8) is 0 Å². The molecule has 2 aromatic rings. The van der Waals surface area contributed by atoms with Gasteiger partial charge in [-0.2, -0.15) is 0 Å². The lowest BCUT2D eigenvalue weighted by Gasteiger charge is -2.07. The van der Waals surface area contributed by atoms with Crippen LogP contribution in [0.25, 0.3) is 0 Å². The summed E-state index contributed by atoms with van der Waals surface area (Å²) in [5, 5.41) is 0. The highest BCUT2D eigenvalue weighted by Crippen LogP contribution is 2.30. The van der Waals surface area contributed by atoms with Crippen LogP contribution in [0.5, 0.6) is 0 Å². The highest BCUT2D eigenvalue weighted by atomic mass is 79.9. The number of thiophene rings is 1. The van der Waals surface area contributed by atoms with Crippen LogP contribution in [0.1, 0.15) is 4.88 Å². The molecular weight excluding hydrogens is 338 g/mol. The first-order valence-electron chi connectivity index (χ1n) is 4.89. The Morgan fingerprint density at radius 2 is 2.17 bits per heavy atom. The number of halogens is 1. The summed E-state index contributed by atoms with van der Waals surface area (Å²) in [5.74, 6) is 0.340. The smallest absolute Gasteiger partial charge is 0.263 e. The number of aryl methyl sites for hydroxylation is 1. The average molecular weight is 348 g/mol. The van der Waals surface area contributed by atoms with Gasteiger partial charge in [-0.25, -0.2) is 13.4 Å². The molecule has 0 unspecified atom stereocenters. The molecule has 0 aliphatic rings. The van der Waals surface area contributed by atoms with E-state index < -0.39 is 10.0 Å². The molecule has 2 heterocycles. The predicted octanol–water partition coefficient (Wildman–Crippen LogP) is 2.60. The zero-order valence-corrected chi connectivity index (χ0v) is 12.6. The van der Waals surface area contributed by atoms with E-state index in [0.717, 1.165) is 8.66 Å². The summed E-state index contributed by atoms with van der Waals surface area (Å²) in [6.45, 7) is 1.76. The number of aromatic nitrogens is 1. The molecule has 0 amide bonds. The first-order chi connectivity index (χ1) is 8.38. The Hall–Kier alpha value is -1.12. The zero-order valence-electron chi connectivity index (χ0n) is 9.34. The van der Waals surface area contributed by atoms with E-state index in [1.165, 1.54) is 23.6 Å². The van der Waals surface area contributed by atoms with Gasteiger partial charge in [0, 0.05) is 4.88 Å². The van der Waals surface area contributed by atoms with E-state index >= 15 is 0 Å². The second kappa shape index (κ2) is 4.87. The van der Waals surface area contributed by atoms with Gasteiger partial charge in [-0.3, -0.25) is 4.72 Å². The minimum atomic E-state index is -3.59. The Kier molecular flexibility index (Phi) is 3.60. The molecule has 0 atom stereocenters. The van der Waals surface area contributed by atoms with Crippen LogP contribution in [0.2, 0.25) is 0 Å². The normalized spacial score (nSPS) is 11.4. The summed E-state index contributed by atoms with van der Waals surface area (Å²) >= 11 is 4.64. The molecule has 0 aliphatic carbocycles. The largest absolute Gasteiger partial charge is 0.384 e. The number of sulfonamides is 1. The standard InChI is InChI=1S/C10H10BrN3O2S2/c1-6-8(4-9(11)17-6)18(15,16)14-7-2-3-10(12)13-5-7/h2-5,14H,1H3,(H2,12,13). The number of anilines is 2. The number of nitrogens with one attached hydrogen (secondary N) is 1. The predicted molar refractivity (Wildman–Crippen MR) is 76.2 cm³/mol. The Morgan fingerprint density at radius 1 is 1.44 bits per heavy atom. The quantitative estimate of drug-likeness (QED) is 0.893. The van der Waals surface area contributed by atoms with Crippen LogP contribution in [0, 0.1) is 6.92 Å². The number of nitrogens with zero attached hydrogens (tertiary/aromatic N) is 1. The molecule has 96 valence electrons. The number of nitrogens with two attached hydrogens (primary N) is 1. The Morgan fingerprint density at radius 3 is 2.67 bits per heavy atom. The van der Waals surface area contributed by atoms with E-state index in [4.69, 9.17) is 5.73 Å². The van der Waals surface area contributed by atoms with Crippen LogP contribution >= 0.6 is 27.3 Å². The van der Waals surface area contributed by atoms with Crippen LogP contribution < -0.4 is 10.5 Å². The molecule has 0 saturated heterocycles. The zero-order chi connectivity index (χ0) is 13.3. The maximum absolute atomic E-state index is 12.1. The highest BCUT2D eigenvalue weighted by Gasteiger charge is 2.19. The van der Waals surface area contributed by atoms with Crippen molar-refractivity contribution in [3.8, 4) is 0 Å². The van der Waals surface area contributed by atoms with E-state index in [2.05, 4.69) is 25.6 Å². The monoisotopic (exact) mass is 347 g/mol. The van der Waals surface area contributed by atoms with Gasteiger partial charge in [0.2, 0.25) is 0 Å². The molecule has 3 N–H and O–H groups in total. The molecule has 8 heteroatoms. The van der Waals surface area contributed by atoms with Gasteiger partial charge < -0.3 is 5.73 Å². The van der Waals surface area contributed by atoms with Gasteiger partial charge in [0.05, 0.1) is 15.7 Å². The Balaban J connectivity index is 2.33. The molecule has 5 nitrogen and oxygen atoms in total. The van der Waals surface area contributed by atoms with Crippen molar-refractivity contribution >= 4 is 48.8 Å². The van der Waals surface area contributed by atoms with Crippen LogP contribution in [0.3, 0.4) is 0 Å². The summed E-state index contributed by atoms with van der Waals surface area (Å²) in [6.07, 6.45) is 1.38. The summed E-state index contributed by atoms with van der Waals surface area (Å²) in [4.78, 5) is 4.81. The first kappa shape index (κ1) is 13.3. The van der Waals surface area contributed by atoms with Crippen LogP contribution in [-0.2, 0) is 10.0 Å². The van der Waals surface area contributed by atoms with Crippen LogP contribution in [-0.4, -0.2) is 13.4 Å². The average Bonchev–Trinajstić information content (AvgIpc) is 2.62. The molecule has 0 aromatic carbocycles. The number of hydrogen-bond acceptors (Lipinski definition) is 5. The van der Waals surface area contributed by atoms with Crippen LogP contribution in [0.15, 0.2) is 33.1 Å². The van der Waals surface area contributed by atoms with Gasteiger partial charge >= 0.3 is 0 Å². The van der Waals surface area contributed by atoms with E-state index in [1.54, 1.807) is 19.1 Å². The Labute approximate surface area is 117 Å². The van der Waals surface area contributed by atoms with Gasteiger partial charge in [-0.1, -0.05) is 0 Å². The van der Waals surface area contributed by atoms with Crippen molar-refractivity contribution in [2.75, 3.05) is 10.5 Å². The van der Waals surface area contributed by atoms with Crippen molar-refractivity contribution in [3.05, 3.63) is 33.1 Å². The number of rotatable bonds is 3. The molecular formula is C10H10BrN3O2S2. The first-order valence-corrected chi connectivity index (χ1v) is 7.98. The summed E-state index contributed by atoms with van der Waals surface area (Å²) in [7, 11) is -3.59. The number of pyridine rings is 1. The lowest BCUT2D eigenvalue weighted by molar-refractivity contribution is 0.601. The van der Waals surface area contributed by atoms with Crippen LogP contribution in [0.4, 0.5) is 11.5 Å². The fraction of sp³-hybridized carbons (Fsp3) is 0.100. The Bertz CT molecular complexity index is 665. The van der Waals surface area contributed by atoms with Gasteiger partial charge in [-0.05, 0) is 41.1 Å². The lowest BCUT2D eigenvalue weighted by atomic mass is 10.4. The molecule has 0 fully saturated rings. The summed E-state index contributed by atoms with van der Waals surface area (Å²) in [6, 6.07) is 4.68. The molecule has 18 heavy (non-hydrogen) atoms. The fourth-order valence-corrected chi connectivity index (χ4v) is 4.83. The molecule has 0 aliphatic heterocycles. The molecule has 2 rings (SSSR count). The van der Waals surface area contributed by atoms with E-state index in [9.17, 15) is 8.42 Å². The molecule has 0 radical (unpaired) electrons. The van der Waals surface area contributed by atoms with Crippen molar-refractivity contribution in [1.82, 2.24) is 4.98 Å². The van der Waals surface area contributed by atoms with E-state index in [-0.39, 0.29) is 4.90 Å². The van der Waals surface area contributed by atoms with Gasteiger partial charge in [0.15, 0.2) is 0 Å². The van der Waals surface area contributed by atoms with E-state index in [1.807, 2.05) is 0 Å². The SMILES string of the molecule is Cc1sc(Br)cc1S(=O)(=O)Nc1ccc(N)nc1. The molecule has 0 bridgehead atoms. The second-order valence-electron chi connectivity index (χ2n) is 3.55. The van der Waals surface area contributed by atoms with Gasteiger partial charge in [0.1, 0.15) is 10.7 Å². The maximum Gasteiger partial charge on any atom is 0.263 e. The molecule has 0 saturated carbocycles. The van der Waals surface area contributed by atoms with Crippen molar-refractivity contribution in [2.24, 2.45) is 0 Å². The third-order valence-corrected chi connectivity index (χ3v) is 5.36. The minimum absolute atomic E-state index is 0.260. The minimum Gasteiger partial charge on any atom is -0.384 e. The van der Waals surface area contributed by atoms with Crippen molar-refractivity contribution in [1.29, 1.82) is 0 Å². The number of nitrogen functional groups attached to an aromatic ring is 1. The second-order valence-corrected chi connectivity index (χ2v) is 7.83. The topological polar surface area (TPSA) is 85.1 Å². The summed E-state index contributed by atoms with van der Waals surface area (Å²) in [5.41, 5.74) is 5.82. The maximum atomic E-state index is 12.1. The van der Waals surface area contributed by atoms with Gasteiger partial charge in [0.25, 0.3) is 10.0 Å². The molecule has 2 aromatic heterocycles. The third kappa shape index (κ3) is 2.82. The molecule has 0 spiro atoms.